The first-order valence-corrected chi connectivity index (χ1v) is 17.2. The summed E-state index contributed by atoms with van der Waals surface area (Å²) in [6.45, 7) is 7.04. The summed E-state index contributed by atoms with van der Waals surface area (Å²) in [6.07, 6.45) is -0.373. The Bertz CT molecular complexity index is 1460. The molecule has 1 aliphatic heterocycles. The largest absolute Gasteiger partial charge is 0.466 e. The lowest BCUT2D eigenvalue weighted by Crippen LogP contribution is -2.69. The third-order valence-electron chi connectivity index (χ3n) is 8.68. The lowest BCUT2D eigenvalue weighted by molar-refractivity contribution is -0.231. The van der Waals surface area contributed by atoms with Crippen LogP contribution in [0.1, 0.15) is 48.9 Å². The number of benzene rings is 4. The summed E-state index contributed by atoms with van der Waals surface area (Å²) in [7, 11) is 0. The van der Waals surface area contributed by atoms with Crippen molar-refractivity contribution < 1.29 is 28.5 Å². The molecule has 0 N–H and O–H groups in total. The fourth-order valence-electron chi connectivity index (χ4n) is 6.43. The van der Waals surface area contributed by atoms with Gasteiger partial charge in [0.25, 0.3) is 0 Å². The summed E-state index contributed by atoms with van der Waals surface area (Å²) in [5.41, 5.74) is 4.27. The minimum Gasteiger partial charge on any atom is -0.466 e. The Labute approximate surface area is 285 Å². The van der Waals surface area contributed by atoms with E-state index in [0.29, 0.717) is 39.6 Å². The molecule has 5 rings (SSSR count). The first-order chi connectivity index (χ1) is 23.7. The molecule has 4 aromatic rings. The van der Waals surface area contributed by atoms with Crippen LogP contribution in [0.25, 0.3) is 0 Å². The van der Waals surface area contributed by atoms with Gasteiger partial charge in [0, 0.05) is 6.04 Å². The number of nitrogens with zero attached hydrogens (tertiary/aromatic N) is 1. The van der Waals surface area contributed by atoms with Crippen LogP contribution in [-0.4, -0.2) is 61.0 Å². The van der Waals surface area contributed by atoms with E-state index in [0.717, 1.165) is 35.2 Å². The van der Waals surface area contributed by atoms with E-state index in [1.165, 1.54) is 0 Å². The van der Waals surface area contributed by atoms with Crippen LogP contribution in [0, 0.1) is 0 Å². The van der Waals surface area contributed by atoms with E-state index in [1.807, 2.05) is 79.7 Å². The van der Waals surface area contributed by atoms with Crippen molar-refractivity contribution in [2.45, 2.75) is 83.5 Å². The van der Waals surface area contributed by atoms with Gasteiger partial charge in [0.2, 0.25) is 0 Å². The second-order valence-corrected chi connectivity index (χ2v) is 12.2. The highest BCUT2D eigenvalue weighted by molar-refractivity contribution is 5.70. The average Bonchev–Trinajstić information content (AvgIpc) is 3.13. The zero-order chi connectivity index (χ0) is 33.4. The van der Waals surface area contributed by atoms with Gasteiger partial charge in [0.05, 0.1) is 52.1 Å². The Kier molecular flexibility index (Phi) is 14.2. The van der Waals surface area contributed by atoms with Crippen LogP contribution in [0.3, 0.4) is 0 Å². The Hall–Kier alpha value is -3.85. The van der Waals surface area contributed by atoms with Gasteiger partial charge in [-0.05, 0) is 42.1 Å². The van der Waals surface area contributed by atoms with Gasteiger partial charge in [0.1, 0.15) is 18.3 Å². The molecular formula is C41H49NO6. The SMILES string of the molecule is CCCN1[C@@H](CC(=O)OCC)[C@H](OCc2ccccc2)[C@@H](OCc2ccccc2)[C@H](OCc2ccccc2)[C@@H]1COCc1ccccc1. The molecule has 1 saturated heterocycles. The van der Waals surface area contributed by atoms with Crippen LogP contribution in [0.15, 0.2) is 121 Å². The van der Waals surface area contributed by atoms with Crippen LogP contribution in [0.4, 0.5) is 0 Å². The second kappa shape index (κ2) is 19.2. The molecule has 48 heavy (non-hydrogen) atoms. The zero-order valence-electron chi connectivity index (χ0n) is 28.2. The molecule has 0 aliphatic carbocycles. The summed E-state index contributed by atoms with van der Waals surface area (Å²) in [5.74, 6) is -0.258. The Morgan fingerprint density at radius 1 is 0.562 bits per heavy atom. The maximum Gasteiger partial charge on any atom is 0.307 e. The number of hydrogen-bond donors (Lipinski definition) is 0. The maximum atomic E-state index is 13.3. The maximum absolute atomic E-state index is 13.3. The van der Waals surface area contributed by atoms with E-state index >= 15 is 0 Å². The van der Waals surface area contributed by atoms with Gasteiger partial charge in [-0.3, -0.25) is 9.69 Å². The molecule has 254 valence electrons. The molecule has 7 nitrogen and oxygen atoms in total. The minimum absolute atomic E-state index is 0.166. The number of ether oxygens (including phenoxy) is 5. The van der Waals surface area contributed by atoms with Crippen molar-refractivity contribution in [3.8, 4) is 0 Å². The van der Waals surface area contributed by atoms with Crippen LogP contribution in [0.5, 0.6) is 0 Å². The molecular weight excluding hydrogens is 602 g/mol. The van der Waals surface area contributed by atoms with Gasteiger partial charge < -0.3 is 23.7 Å². The smallest absolute Gasteiger partial charge is 0.307 e. The van der Waals surface area contributed by atoms with Gasteiger partial charge in [-0.15, -0.1) is 0 Å². The van der Waals surface area contributed by atoms with E-state index in [1.54, 1.807) is 0 Å². The molecule has 0 spiro atoms. The highest BCUT2D eigenvalue weighted by atomic mass is 16.6. The molecule has 4 aromatic carbocycles. The van der Waals surface area contributed by atoms with Crippen molar-refractivity contribution in [3.05, 3.63) is 144 Å². The van der Waals surface area contributed by atoms with E-state index in [2.05, 4.69) is 60.4 Å². The Morgan fingerprint density at radius 3 is 1.42 bits per heavy atom. The number of piperidine rings is 1. The van der Waals surface area contributed by atoms with Crippen molar-refractivity contribution in [2.24, 2.45) is 0 Å². The predicted molar refractivity (Wildman–Crippen MR) is 187 cm³/mol. The number of hydrogen-bond acceptors (Lipinski definition) is 7. The number of likely N-dealkylation sites (tertiary alicyclic amines) is 1. The van der Waals surface area contributed by atoms with Crippen LogP contribution in [0.2, 0.25) is 0 Å². The first kappa shape index (κ1) is 35.5. The minimum atomic E-state index is -0.504. The average molecular weight is 652 g/mol. The molecule has 0 bridgehead atoms. The van der Waals surface area contributed by atoms with Gasteiger partial charge in [-0.1, -0.05) is 128 Å². The topological polar surface area (TPSA) is 66.5 Å². The predicted octanol–water partition coefficient (Wildman–Crippen LogP) is 7.38. The Balaban J connectivity index is 1.52. The van der Waals surface area contributed by atoms with E-state index in [4.69, 9.17) is 23.7 Å². The molecule has 0 unspecified atom stereocenters. The third kappa shape index (κ3) is 10.3. The Morgan fingerprint density at radius 2 is 0.979 bits per heavy atom. The normalized spacial score (nSPS) is 21.2. The third-order valence-corrected chi connectivity index (χ3v) is 8.68. The summed E-state index contributed by atoms with van der Waals surface area (Å²) < 4.78 is 32.6. The van der Waals surface area contributed by atoms with Crippen molar-refractivity contribution in [2.75, 3.05) is 19.8 Å². The number of esters is 1. The molecule has 0 amide bonds. The van der Waals surface area contributed by atoms with Crippen molar-refractivity contribution in [1.82, 2.24) is 4.90 Å². The van der Waals surface area contributed by atoms with Gasteiger partial charge in [-0.25, -0.2) is 0 Å². The number of rotatable bonds is 18. The van der Waals surface area contributed by atoms with Gasteiger partial charge in [-0.2, -0.15) is 0 Å². The summed E-state index contributed by atoms with van der Waals surface area (Å²) in [5, 5.41) is 0. The lowest BCUT2D eigenvalue weighted by Gasteiger charge is -2.53. The first-order valence-electron chi connectivity index (χ1n) is 17.2. The molecule has 0 aromatic heterocycles. The van der Waals surface area contributed by atoms with Crippen molar-refractivity contribution >= 4 is 5.97 Å². The quantitative estimate of drug-likeness (QED) is 0.104. The summed E-state index contributed by atoms with van der Waals surface area (Å²) >= 11 is 0. The van der Waals surface area contributed by atoms with Crippen LogP contribution < -0.4 is 0 Å². The molecule has 1 heterocycles. The summed E-state index contributed by atoms with van der Waals surface area (Å²) in [6, 6.07) is 40.1. The fraction of sp³-hybridized carbons (Fsp3) is 0.390. The van der Waals surface area contributed by atoms with Crippen molar-refractivity contribution in [1.29, 1.82) is 0 Å². The van der Waals surface area contributed by atoms with Gasteiger partial charge in [0.15, 0.2) is 0 Å². The molecule has 0 saturated carbocycles. The molecule has 0 radical (unpaired) electrons. The standard InChI is InChI=1S/C41H49NO6/c1-3-25-42-36(26-38(43)45-4-2)39(46-28-33-19-11-6-12-20-33)41(48-30-35-23-15-8-16-24-35)40(47-29-34-21-13-7-14-22-34)37(42)31-44-27-32-17-9-5-10-18-32/h5-24,36-37,39-41H,3-4,25-31H2,1-2H3/t36-,37-,39-,40+,41+/m0/s1. The second-order valence-electron chi connectivity index (χ2n) is 12.2. The zero-order valence-corrected chi connectivity index (χ0v) is 28.2. The monoisotopic (exact) mass is 651 g/mol. The summed E-state index contributed by atoms with van der Waals surface area (Å²) in [4.78, 5) is 15.6. The number of carbonyl (C=O) groups excluding carboxylic acids is 1. The molecule has 7 heteroatoms. The van der Waals surface area contributed by atoms with E-state index in [-0.39, 0.29) is 24.5 Å². The van der Waals surface area contributed by atoms with Crippen LogP contribution >= 0.6 is 0 Å². The molecule has 5 atom stereocenters. The van der Waals surface area contributed by atoms with E-state index in [9.17, 15) is 4.79 Å². The van der Waals surface area contributed by atoms with Gasteiger partial charge >= 0.3 is 5.97 Å². The van der Waals surface area contributed by atoms with Crippen molar-refractivity contribution in [3.63, 3.8) is 0 Å². The highest BCUT2D eigenvalue weighted by Crippen LogP contribution is 2.35. The lowest BCUT2D eigenvalue weighted by atomic mass is 9.85. The molecule has 1 fully saturated rings. The van der Waals surface area contributed by atoms with E-state index < -0.39 is 18.3 Å². The fourth-order valence-corrected chi connectivity index (χ4v) is 6.43. The molecule has 1 aliphatic rings. The number of carbonyl (C=O) groups is 1. The highest BCUT2D eigenvalue weighted by Gasteiger charge is 2.52. The van der Waals surface area contributed by atoms with Crippen LogP contribution in [-0.2, 0) is 54.9 Å².